The van der Waals surface area contributed by atoms with Gasteiger partial charge in [-0.2, -0.15) is 0 Å². The highest BCUT2D eigenvalue weighted by Gasteiger charge is 2.35. The highest BCUT2D eigenvalue weighted by Crippen LogP contribution is 2.44. The molecule has 1 aliphatic rings. The fraction of sp³-hybridized carbons (Fsp3) is 0.396. The summed E-state index contributed by atoms with van der Waals surface area (Å²) in [4.78, 5) is 66.5. The van der Waals surface area contributed by atoms with Crippen LogP contribution in [0.2, 0.25) is 10.0 Å². The molecule has 1 aliphatic carbocycles. The second-order valence-electron chi connectivity index (χ2n) is 16.3. The summed E-state index contributed by atoms with van der Waals surface area (Å²) >= 11 is 12.3. The van der Waals surface area contributed by atoms with Crippen LogP contribution < -0.4 is 16.0 Å². The van der Waals surface area contributed by atoms with E-state index in [-0.39, 0.29) is 58.2 Å². The van der Waals surface area contributed by atoms with E-state index in [2.05, 4.69) is 16.0 Å². The molecule has 0 fully saturated rings. The molecule has 5 rings (SSSR count). The number of hydrogen-bond donors (Lipinski definition) is 4. The zero-order valence-corrected chi connectivity index (χ0v) is 37.8. The number of ether oxygens (including phenoxy) is 4. The van der Waals surface area contributed by atoms with Crippen LogP contribution in [0.25, 0.3) is 11.1 Å². The summed E-state index contributed by atoms with van der Waals surface area (Å²) < 4.78 is 22.1. The Bertz CT molecular complexity index is 2170. The van der Waals surface area contributed by atoms with Crippen LogP contribution in [-0.4, -0.2) is 84.3 Å². The first-order valence-electron chi connectivity index (χ1n) is 21.3. The number of carbonyl (C=O) groups excluding carboxylic acids is 4. The molecule has 0 bridgehead atoms. The Morgan fingerprint density at radius 3 is 1.64 bits per heavy atom. The molecule has 0 saturated carbocycles. The molecule has 2 atom stereocenters. The molecule has 14 nitrogen and oxygen atoms in total. The molecule has 0 unspecified atom stereocenters. The monoisotopic (exact) mass is 918 g/mol. The van der Waals surface area contributed by atoms with Crippen LogP contribution in [0.1, 0.15) is 87.5 Å². The van der Waals surface area contributed by atoms with Crippen molar-refractivity contribution in [3.63, 3.8) is 0 Å². The van der Waals surface area contributed by atoms with Gasteiger partial charge in [0.25, 0.3) is 0 Å². The first-order chi connectivity index (χ1) is 30.7. The van der Waals surface area contributed by atoms with Crippen molar-refractivity contribution >= 4 is 53.5 Å². The van der Waals surface area contributed by atoms with Gasteiger partial charge in [-0.1, -0.05) is 108 Å². The third-order valence-electron chi connectivity index (χ3n) is 10.4. The van der Waals surface area contributed by atoms with E-state index >= 15 is 0 Å². The molecule has 0 saturated heterocycles. The van der Waals surface area contributed by atoms with Crippen molar-refractivity contribution in [2.24, 2.45) is 0 Å². The minimum atomic E-state index is -1.36. The lowest BCUT2D eigenvalue weighted by atomic mass is 9.98. The van der Waals surface area contributed by atoms with E-state index < -0.39 is 48.0 Å². The lowest BCUT2D eigenvalue weighted by molar-refractivity contribution is -0.143. The second-order valence-corrected chi connectivity index (χ2v) is 17.1. The van der Waals surface area contributed by atoms with Gasteiger partial charge in [0.1, 0.15) is 31.5 Å². The summed E-state index contributed by atoms with van der Waals surface area (Å²) in [7, 11) is 0. The third kappa shape index (κ3) is 15.1. The first-order valence-corrected chi connectivity index (χ1v) is 22.1. The first kappa shape index (κ1) is 49.0. The average Bonchev–Trinajstić information content (AvgIpc) is 3.57. The summed E-state index contributed by atoms with van der Waals surface area (Å²) in [5, 5.41) is 19.8. The number of nitrogens with zero attached hydrogens (tertiary/aromatic N) is 1. The molecule has 342 valence electrons. The quantitative estimate of drug-likeness (QED) is 0.0464. The summed E-state index contributed by atoms with van der Waals surface area (Å²) in [5.41, 5.74) is 4.52. The van der Waals surface area contributed by atoms with Gasteiger partial charge in [0.15, 0.2) is 0 Å². The number of carbonyl (C=O) groups is 5. The Kier molecular flexibility index (Phi) is 18.5. The normalized spacial score (nSPS) is 12.8. The number of benzene rings is 4. The van der Waals surface area contributed by atoms with E-state index in [0.717, 1.165) is 27.2 Å². The lowest BCUT2D eigenvalue weighted by Gasteiger charge is -2.33. The molecule has 4 N–H and O–H groups in total. The van der Waals surface area contributed by atoms with E-state index in [1.807, 2.05) is 48.5 Å². The summed E-state index contributed by atoms with van der Waals surface area (Å²) in [6, 6.07) is 27.7. The van der Waals surface area contributed by atoms with Crippen LogP contribution in [0.5, 0.6) is 0 Å². The van der Waals surface area contributed by atoms with Crippen molar-refractivity contribution in [1.82, 2.24) is 20.9 Å². The molecule has 64 heavy (non-hydrogen) atoms. The van der Waals surface area contributed by atoms with Crippen molar-refractivity contribution in [2.45, 2.75) is 96.1 Å². The molecule has 4 aromatic carbocycles. The van der Waals surface area contributed by atoms with E-state index in [1.165, 1.54) is 0 Å². The SMILES string of the molecule is CC(C)(C)OC(=O)N[C@H](CCCCNC(=O)OCc1ccccc1Cl)CN(C(=O)OCC1c2ccccc2-c2ccccc21)[C@H](CCCCNC(=O)OCc1ccccc1Cl)C(=O)O. The summed E-state index contributed by atoms with van der Waals surface area (Å²) in [5.74, 6) is -1.55. The van der Waals surface area contributed by atoms with Crippen LogP contribution in [-0.2, 0) is 37.0 Å². The van der Waals surface area contributed by atoms with Gasteiger partial charge in [-0.15, -0.1) is 0 Å². The van der Waals surface area contributed by atoms with Crippen molar-refractivity contribution in [3.05, 3.63) is 129 Å². The maximum absolute atomic E-state index is 14.3. The zero-order valence-electron chi connectivity index (χ0n) is 36.3. The van der Waals surface area contributed by atoms with Gasteiger partial charge in [0.05, 0.1) is 0 Å². The minimum absolute atomic E-state index is 0.00262. The maximum atomic E-state index is 14.3. The molecule has 0 spiro atoms. The molecule has 0 radical (unpaired) electrons. The molecule has 4 aromatic rings. The number of hydrogen-bond acceptors (Lipinski definition) is 9. The average molecular weight is 920 g/mol. The maximum Gasteiger partial charge on any atom is 0.410 e. The van der Waals surface area contributed by atoms with Crippen LogP contribution in [0, 0.1) is 0 Å². The summed E-state index contributed by atoms with van der Waals surface area (Å²) in [6.07, 6.45) is -0.999. The van der Waals surface area contributed by atoms with E-state index in [9.17, 15) is 29.1 Å². The lowest BCUT2D eigenvalue weighted by Crippen LogP contribution is -2.53. The minimum Gasteiger partial charge on any atom is -0.480 e. The number of amides is 4. The fourth-order valence-corrected chi connectivity index (χ4v) is 7.70. The molecule has 16 heteroatoms. The Hall–Kier alpha value is -5.99. The number of rotatable bonds is 21. The van der Waals surface area contributed by atoms with Gasteiger partial charge in [-0.25, -0.2) is 24.0 Å². The summed E-state index contributed by atoms with van der Waals surface area (Å²) in [6.45, 7) is 5.27. The van der Waals surface area contributed by atoms with Crippen molar-refractivity contribution < 1.29 is 48.0 Å². The predicted octanol–water partition coefficient (Wildman–Crippen LogP) is 10.1. The number of carboxylic acid groups (broad SMARTS) is 1. The van der Waals surface area contributed by atoms with Crippen LogP contribution in [0.4, 0.5) is 19.2 Å². The fourth-order valence-electron chi connectivity index (χ4n) is 7.32. The molecule has 0 heterocycles. The van der Waals surface area contributed by atoms with Gasteiger partial charge >= 0.3 is 30.3 Å². The molecule has 4 amide bonds. The largest absolute Gasteiger partial charge is 0.480 e. The Labute approximate surface area is 383 Å². The van der Waals surface area contributed by atoms with E-state index in [0.29, 0.717) is 46.9 Å². The van der Waals surface area contributed by atoms with Crippen molar-refractivity contribution in [1.29, 1.82) is 0 Å². The number of alkyl carbamates (subject to hydrolysis) is 3. The zero-order chi connectivity index (χ0) is 46.1. The number of aliphatic carboxylic acids is 1. The van der Waals surface area contributed by atoms with Crippen LogP contribution in [0.15, 0.2) is 97.1 Å². The van der Waals surface area contributed by atoms with Gasteiger partial charge in [0, 0.05) is 52.8 Å². The van der Waals surface area contributed by atoms with Gasteiger partial charge in [-0.05, 0) is 93.7 Å². The van der Waals surface area contributed by atoms with Gasteiger partial charge < -0.3 is 40.0 Å². The number of unbranched alkanes of at least 4 members (excludes halogenated alkanes) is 2. The van der Waals surface area contributed by atoms with Gasteiger partial charge in [-0.3, -0.25) is 4.90 Å². The topological polar surface area (TPSA) is 182 Å². The molecular weight excluding hydrogens is 863 g/mol. The number of carboxylic acids is 1. The molecular formula is C48H56Cl2N4O10. The van der Waals surface area contributed by atoms with Crippen LogP contribution in [0.3, 0.4) is 0 Å². The van der Waals surface area contributed by atoms with Crippen molar-refractivity contribution in [2.75, 3.05) is 26.2 Å². The Morgan fingerprint density at radius 2 is 1.14 bits per heavy atom. The molecule has 0 aromatic heterocycles. The smallest absolute Gasteiger partial charge is 0.410 e. The standard InChI is InChI=1S/C48H56Cl2N4O10/c1-48(2,3)64-46(59)53-34(18-12-14-26-51-44(57)61-29-32-16-4-10-23-40(32)49)28-54(47(60)63-31-39-37-21-8-6-19-35(37)36-20-7-9-22-38(36)39)42(43(55)56)25-13-15-27-52-45(58)62-30-33-17-5-11-24-41(33)50/h4-11,16-17,19-24,34,39,42H,12-15,18,25-31H2,1-3H3,(H,51,57)(H,52,58)(H,53,59)(H,55,56)/t34-,42-/m1/s1. The van der Waals surface area contributed by atoms with Gasteiger partial charge in [0.2, 0.25) is 0 Å². The third-order valence-corrected chi connectivity index (χ3v) is 11.2. The van der Waals surface area contributed by atoms with E-state index in [1.54, 1.807) is 69.3 Å². The number of fused-ring (bicyclic) bond motifs is 3. The highest BCUT2D eigenvalue weighted by atomic mass is 35.5. The van der Waals surface area contributed by atoms with E-state index in [4.69, 9.17) is 42.1 Å². The second kappa shape index (κ2) is 24.2. The number of halogens is 2. The molecule has 0 aliphatic heterocycles. The van der Waals surface area contributed by atoms with Crippen LogP contribution >= 0.6 is 23.2 Å². The predicted molar refractivity (Wildman–Crippen MR) is 243 cm³/mol. The highest BCUT2D eigenvalue weighted by molar-refractivity contribution is 6.31. The van der Waals surface area contributed by atoms with Crippen molar-refractivity contribution in [3.8, 4) is 11.1 Å². The Balaban J connectivity index is 1.26. The number of nitrogens with one attached hydrogen (secondary N) is 3. The Morgan fingerprint density at radius 1 is 0.656 bits per heavy atom.